The number of H-pyrrole nitrogens is 1. The van der Waals surface area contributed by atoms with Crippen LogP contribution in [0.4, 0.5) is 0 Å². The molecular weight excluding hydrogens is 156 g/mol. The molecule has 0 aliphatic heterocycles. The van der Waals surface area contributed by atoms with Crippen molar-refractivity contribution in [2.45, 2.75) is 19.8 Å². The number of aromatic nitrogens is 2. The lowest BCUT2D eigenvalue weighted by atomic mass is 10.2. The summed E-state index contributed by atoms with van der Waals surface area (Å²) in [5.74, 6) is 0. The second kappa shape index (κ2) is 3.38. The molecule has 0 atom stereocenters. The maximum atomic E-state index is 11.1. The molecule has 0 unspecified atom stereocenters. The maximum Gasteiger partial charge on any atom is 0.328 e. The van der Waals surface area contributed by atoms with Crippen molar-refractivity contribution in [3.05, 3.63) is 32.6 Å². The summed E-state index contributed by atoms with van der Waals surface area (Å²) in [5, 5.41) is 0. The Labute approximate surface area is 69.9 Å². The van der Waals surface area contributed by atoms with Gasteiger partial charge < -0.3 is 4.57 Å². The number of aromatic amines is 1. The van der Waals surface area contributed by atoms with Crippen molar-refractivity contribution in [3.63, 3.8) is 0 Å². The van der Waals surface area contributed by atoms with Gasteiger partial charge in [-0.15, -0.1) is 0 Å². The molecule has 0 saturated carbocycles. The zero-order chi connectivity index (χ0) is 9.14. The fraction of sp³-hybridized carbons (Fsp3) is 0.500. The van der Waals surface area contributed by atoms with Crippen molar-refractivity contribution in [2.24, 2.45) is 7.05 Å². The van der Waals surface area contributed by atoms with E-state index < -0.39 is 0 Å². The minimum absolute atomic E-state index is 0.264. The van der Waals surface area contributed by atoms with E-state index in [-0.39, 0.29) is 11.2 Å². The van der Waals surface area contributed by atoms with Crippen LogP contribution in [0.25, 0.3) is 0 Å². The summed E-state index contributed by atoms with van der Waals surface area (Å²) < 4.78 is 1.38. The van der Waals surface area contributed by atoms with E-state index >= 15 is 0 Å². The summed E-state index contributed by atoms with van der Waals surface area (Å²) in [6, 6.07) is 0. The third-order valence-corrected chi connectivity index (χ3v) is 1.70. The van der Waals surface area contributed by atoms with Crippen molar-refractivity contribution < 1.29 is 0 Å². The number of hydrogen-bond donors (Lipinski definition) is 1. The lowest BCUT2D eigenvalue weighted by molar-refractivity contribution is 0.763. The van der Waals surface area contributed by atoms with Gasteiger partial charge in [0.15, 0.2) is 0 Å². The van der Waals surface area contributed by atoms with Crippen molar-refractivity contribution in [1.82, 2.24) is 9.55 Å². The molecule has 0 bridgehead atoms. The van der Waals surface area contributed by atoms with E-state index in [1.54, 1.807) is 13.2 Å². The molecule has 0 fully saturated rings. The highest BCUT2D eigenvalue weighted by Crippen LogP contribution is 1.91. The monoisotopic (exact) mass is 168 g/mol. The van der Waals surface area contributed by atoms with Gasteiger partial charge in [-0.05, 0) is 6.42 Å². The van der Waals surface area contributed by atoms with Crippen LogP contribution in [-0.2, 0) is 13.5 Å². The van der Waals surface area contributed by atoms with Gasteiger partial charge in [0, 0.05) is 18.8 Å². The number of rotatable bonds is 2. The molecule has 1 aromatic heterocycles. The SMILES string of the molecule is CCCc1cn(C)c(=O)[nH]c1=O. The molecule has 66 valence electrons. The van der Waals surface area contributed by atoms with Crippen LogP contribution in [0, 0.1) is 0 Å². The number of nitrogens with zero attached hydrogens (tertiary/aromatic N) is 1. The predicted octanol–water partition coefficient (Wildman–Crippen LogP) is 0.0261. The van der Waals surface area contributed by atoms with Gasteiger partial charge in [0.25, 0.3) is 5.56 Å². The lowest BCUT2D eigenvalue weighted by Crippen LogP contribution is -2.29. The molecule has 0 aliphatic rings. The van der Waals surface area contributed by atoms with Gasteiger partial charge in [0.05, 0.1) is 0 Å². The van der Waals surface area contributed by atoms with E-state index in [9.17, 15) is 9.59 Å². The zero-order valence-corrected chi connectivity index (χ0v) is 7.26. The van der Waals surface area contributed by atoms with Gasteiger partial charge in [0.2, 0.25) is 0 Å². The van der Waals surface area contributed by atoms with Crippen LogP contribution in [0.3, 0.4) is 0 Å². The normalized spacial score (nSPS) is 10.2. The highest BCUT2D eigenvalue weighted by molar-refractivity contribution is 5.03. The lowest BCUT2D eigenvalue weighted by Gasteiger charge is -1.99. The minimum Gasteiger partial charge on any atom is -0.303 e. The topological polar surface area (TPSA) is 54.9 Å². The predicted molar refractivity (Wildman–Crippen MR) is 46.3 cm³/mol. The standard InChI is InChI=1S/C8H12N2O2/c1-3-4-6-5-10(2)8(12)9-7(6)11/h5H,3-4H2,1-2H3,(H,9,11,12). The van der Waals surface area contributed by atoms with Crippen molar-refractivity contribution in [3.8, 4) is 0 Å². The summed E-state index contributed by atoms with van der Waals surface area (Å²) in [5.41, 5.74) is 0.0411. The van der Waals surface area contributed by atoms with E-state index in [1.807, 2.05) is 6.92 Å². The molecule has 12 heavy (non-hydrogen) atoms. The Hall–Kier alpha value is -1.32. The minimum atomic E-state index is -0.361. The number of nitrogens with one attached hydrogen (secondary N) is 1. The smallest absolute Gasteiger partial charge is 0.303 e. The van der Waals surface area contributed by atoms with Gasteiger partial charge in [0.1, 0.15) is 0 Å². The molecule has 0 aromatic carbocycles. The second-order valence-electron chi connectivity index (χ2n) is 2.77. The second-order valence-corrected chi connectivity index (χ2v) is 2.77. The number of hydrogen-bond acceptors (Lipinski definition) is 2. The van der Waals surface area contributed by atoms with Gasteiger partial charge >= 0.3 is 5.69 Å². The van der Waals surface area contributed by atoms with Crippen molar-refractivity contribution >= 4 is 0 Å². The quantitative estimate of drug-likeness (QED) is 0.677. The summed E-state index contributed by atoms with van der Waals surface area (Å²) in [4.78, 5) is 24.3. The molecule has 4 heteroatoms. The van der Waals surface area contributed by atoms with E-state index in [0.717, 1.165) is 6.42 Å². The average molecular weight is 168 g/mol. The van der Waals surface area contributed by atoms with Crippen molar-refractivity contribution in [1.29, 1.82) is 0 Å². The van der Waals surface area contributed by atoms with Crippen LogP contribution in [0.15, 0.2) is 15.8 Å². The van der Waals surface area contributed by atoms with Crippen LogP contribution in [-0.4, -0.2) is 9.55 Å². The first-order valence-electron chi connectivity index (χ1n) is 3.94. The molecule has 1 N–H and O–H groups in total. The number of aryl methyl sites for hydroxylation is 2. The third kappa shape index (κ3) is 1.64. The Kier molecular flexibility index (Phi) is 2.47. The van der Waals surface area contributed by atoms with Gasteiger partial charge in [-0.3, -0.25) is 9.78 Å². The Morgan fingerprint density at radius 3 is 2.75 bits per heavy atom. The molecule has 4 nitrogen and oxygen atoms in total. The molecule has 0 amide bonds. The van der Waals surface area contributed by atoms with Crippen LogP contribution >= 0.6 is 0 Å². The zero-order valence-electron chi connectivity index (χ0n) is 7.26. The highest BCUT2D eigenvalue weighted by atomic mass is 16.2. The van der Waals surface area contributed by atoms with Crippen molar-refractivity contribution in [2.75, 3.05) is 0 Å². The average Bonchev–Trinajstić information content (AvgIpc) is 2.01. The fourth-order valence-corrected chi connectivity index (χ4v) is 1.06. The fourth-order valence-electron chi connectivity index (χ4n) is 1.06. The van der Waals surface area contributed by atoms with Crippen LogP contribution < -0.4 is 11.2 Å². The summed E-state index contributed by atoms with van der Waals surface area (Å²) in [6.07, 6.45) is 3.20. The Morgan fingerprint density at radius 2 is 2.17 bits per heavy atom. The van der Waals surface area contributed by atoms with Crippen LogP contribution in [0.5, 0.6) is 0 Å². The van der Waals surface area contributed by atoms with E-state index in [2.05, 4.69) is 4.98 Å². The maximum absolute atomic E-state index is 11.1. The van der Waals surface area contributed by atoms with E-state index in [0.29, 0.717) is 12.0 Å². The molecule has 0 aliphatic carbocycles. The van der Waals surface area contributed by atoms with Crippen LogP contribution in [0.1, 0.15) is 18.9 Å². The molecule has 1 aromatic rings. The summed E-state index contributed by atoms with van der Waals surface area (Å²) in [6.45, 7) is 1.99. The molecule has 1 rings (SSSR count). The molecular formula is C8H12N2O2. The summed E-state index contributed by atoms with van der Waals surface area (Å²) in [7, 11) is 1.62. The van der Waals surface area contributed by atoms with Crippen LogP contribution in [0.2, 0.25) is 0 Å². The molecule has 0 spiro atoms. The third-order valence-electron chi connectivity index (χ3n) is 1.70. The Bertz CT molecular complexity index is 375. The molecule has 1 heterocycles. The Morgan fingerprint density at radius 1 is 1.50 bits per heavy atom. The van der Waals surface area contributed by atoms with Gasteiger partial charge in [-0.1, -0.05) is 13.3 Å². The highest BCUT2D eigenvalue weighted by Gasteiger charge is 1.99. The molecule has 0 radical (unpaired) electrons. The first kappa shape index (κ1) is 8.77. The van der Waals surface area contributed by atoms with E-state index in [1.165, 1.54) is 4.57 Å². The largest absolute Gasteiger partial charge is 0.328 e. The first-order valence-corrected chi connectivity index (χ1v) is 3.94. The van der Waals surface area contributed by atoms with E-state index in [4.69, 9.17) is 0 Å². The van der Waals surface area contributed by atoms with Gasteiger partial charge in [-0.2, -0.15) is 0 Å². The van der Waals surface area contributed by atoms with Gasteiger partial charge in [-0.25, -0.2) is 4.79 Å². The first-order chi connectivity index (χ1) is 5.65. The molecule has 0 saturated heterocycles. The Balaban J connectivity index is 3.24. The summed E-state index contributed by atoms with van der Waals surface area (Å²) >= 11 is 0.